The Morgan fingerprint density at radius 2 is 0.836 bits per heavy atom. The molecule has 300 valence electrons. The average Bonchev–Trinajstić information content (AvgIpc) is 4.14. The highest BCUT2D eigenvalue weighted by Gasteiger charge is 2.19. The summed E-state index contributed by atoms with van der Waals surface area (Å²) < 4.78 is 11.4. The van der Waals surface area contributed by atoms with Gasteiger partial charge in [0.15, 0.2) is 0 Å². The first-order valence-corrected chi connectivity index (χ1v) is 20.9. The molecule has 7 nitrogen and oxygen atoms in total. The van der Waals surface area contributed by atoms with E-state index < -0.39 is 0 Å². The molecule has 2 aliphatic rings. The Morgan fingerprint density at radius 1 is 0.475 bits per heavy atom. The molecular weight excluding hydrogens is 753 g/mol. The van der Waals surface area contributed by atoms with Gasteiger partial charge in [0.1, 0.15) is 5.75 Å². The Labute approximate surface area is 355 Å². The van der Waals surface area contributed by atoms with Gasteiger partial charge in [0, 0.05) is 49.9 Å². The Bertz CT molecular complexity index is 2910. The summed E-state index contributed by atoms with van der Waals surface area (Å²) in [6.45, 7) is 6.31. The van der Waals surface area contributed by atoms with Crippen molar-refractivity contribution >= 4 is 52.3 Å². The van der Waals surface area contributed by atoms with Crippen LogP contribution in [0.5, 0.6) is 5.75 Å². The van der Waals surface area contributed by atoms with Gasteiger partial charge in [-0.15, -0.1) is 0 Å². The van der Waals surface area contributed by atoms with Crippen LogP contribution in [-0.4, -0.2) is 39.1 Å². The minimum atomic E-state index is -0.329. The quantitative estimate of drug-likeness (QED) is 0.0688. The van der Waals surface area contributed by atoms with Gasteiger partial charge in [-0.1, -0.05) is 110 Å². The van der Waals surface area contributed by atoms with Gasteiger partial charge in [0.25, 0.3) is 0 Å². The van der Waals surface area contributed by atoms with Crippen LogP contribution in [0.4, 0.5) is 0 Å². The number of aromatic nitrogens is 4. The molecule has 0 spiro atoms. The number of unbranched alkanes of at least 4 members (excludes halogenated alkanes) is 3. The second kappa shape index (κ2) is 17.8. The molecule has 0 atom stereocenters. The predicted molar refractivity (Wildman–Crippen MR) is 250 cm³/mol. The normalized spacial score (nSPS) is 11.8. The molecule has 7 heteroatoms. The number of H-pyrrole nitrogens is 2. The summed E-state index contributed by atoms with van der Waals surface area (Å²) in [6.07, 6.45) is 12.2. The maximum absolute atomic E-state index is 11.6. The van der Waals surface area contributed by atoms with Crippen LogP contribution in [0.1, 0.15) is 55.4 Å². The fraction of sp³-hybridized carbons (Fsp3) is 0.130. The van der Waals surface area contributed by atoms with E-state index in [1.165, 1.54) is 0 Å². The molecule has 7 aromatic rings. The van der Waals surface area contributed by atoms with E-state index in [0.717, 1.165) is 121 Å². The minimum Gasteiger partial charge on any atom is -0.494 e. The molecule has 0 radical (unpaired) electrons. The van der Waals surface area contributed by atoms with Crippen molar-refractivity contribution in [1.82, 2.24) is 19.9 Å². The Hall–Kier alpha value is -7.51. The van der Waals surface area contributed by atoms with E-state index in [2.05, 4.69) is 150 Å². The standard InChI is InChI=1S/C54H46N4O3/c1-36(2)54(59)61-35-15-4-3-14-34-60-41-24-22-40(23-25-41)53-48-32-30-46(57-48)51(38-18-10-6-11-19-38)44-28-26-42(55-44)50(37-16-8-5-9-17-37)43-27-29-45(56-43)52(39-20-12-7-13-21-39)47-31-33-49(53)58-47/h5-13,16-33,55,58H,1,3-4,14-15,34-35H2,2H3. The highest BCUT2D eigenvalue weighted by atomic mass is 16.5. The molecular formula is C54H46N4O3. The van der Waals surface area contributed by atoms with E-state index >= 15 is 0 Å². The summed E-state index contributed by atoms with van der Waals surface area (Å²) in [7, 11) is 0. The lowest BCUT2D eigenvalue weighted by Gasteiger charge is -2.09. The zero-order chi connectivity index (χ0) is 41.5. The number of fused-ring (bicyclic) bond motifs is 8. The van der Waals surface area contributed by atoms with E-state index in [4.69, 9.17) is 19.4 Å². The second-order valence-electron chi connectivity index (χ2n) is 15.3. The predicted octanol–water partition coefficient (Wildman–Crippen LogP) is 13.4. The molecule has 8 bridgehead atoms. The summed E-state index contributed by atoms with van der Waals surface area (Å²) in [5, 5.41) is 0. The monoisotopic (exact) mass is 798 g/mol. The number of nitrogens with one attached hydrogen (secondary N) is 2. The number of carbonyl (C=O) groups excluding carboxylic acids is 1. The smallest absolute Gasteiger partial charge is 0.333 e. The maximum atomic E-state index is 11.6. The van der Waals surface area contributed by atoms with E-state index in [1.54, 1.807) is 6.92 Å². The van der Waals surface area contributed by atoms with Crippen LogP contribution < -0.4 is 4.74 Å². The summed E-state index contributed by atoms with van der Waals surface area (Å²) in [5.74, 6) is 0.479. The molecule has 0 unspecified atom stereocenters. The lowest BCUT2D eigenvalue weighted by atomic mass is 10.0. The molecule has 61 heavy (non-hydrogen) atoms. The number of ether oxygens (including phenoxy) is 2. The molecule has 4 aromatic carbocycles. The van der Waals surface area contributed by atoms with Crippen molar-refractivity contribution in [2.75, 3.05) is 13.2 Å². The Morgan fingerprint density at radius 3 is 1.21 bits per heavy atom. The van der Waals surface area contributed by atoms with Gasteiger partial charge in [-0.3, -0.25) is 0 Å². The molecule has 9 rings (SSSR count). The third kappa shape index (κ3) is 8.50. The second-order valence-corrected chi connectivity index (χ2v) is 15.3. The number of nitrogens with zero attached hydrogens (tertiary/aromatic N) is 2. The third-order valence-corrected chi connectivity index (χ3v) is 11.0. The molecule has 0 aliphatic carbocycles. The van der Waals surface area contributed by atoms with E-state index in [0.29, 0.717) is 18.8 Å². The van der Waals surface area contributed by atoms with Crippen molar-refractivity contribution in [3.63, 3.8) is 0 Å². The fourth-order valence-corrected chi connectivity index (χ4v) is 7.99. The van der Waals surface area contributed by atoms with Crippen molar-refractivity contribution in [2.45, 2.75) is 32.6 Å². The molecule has 0 saturated heterocycles. The van der Waals surface area contributed by atoms with Crippen LogP contribution >= 0.6 is 0 Å². The maximum Gasteiger partial charge on any atom is 0.333 e. The van der Waals surface area contributed by atoms with Gasteiger partial charge < -0.3 is 19.4 Å². The molecule has 0 amide bonds. The van der Waals surface area contributed by atoms with Gasteiger partial charge in [-0.25, -0.2) is 14.8 Å². The van der Waals surface area contributed by atoms with Crippen molar-refractivity contribution in [3.05, 3.63) is 174 Å². The molecule has 2 aliphatic heterocycles. The van der Waals surface area contributed by atoms with Crippen molar-refractivity contribution in [2.24, 2.45) is 0 Å². The number of aromatic amines is 2. The first kappa shape index (κ1) is 39.0. The number of hydrogen-bond donors (Lipinski definition) is 2. The van der Waals surface area contributed by atoms with Gasteiger partial charge in [-0.2, -0.15) is 0 Å². The summed E-state index contributed by atoms with van der Waals surface area (Å²) in [6, 6.07) is 48.3. The average molecular weight is 799 g/mol. The van der Waals surface area contributed by atoms with Gasteiger partial charge in [0.2, 0.25) is 0 Å². The van der Waals surface area contributed by atoms with Gasteiger partial charge in [-0.05, 0) is 116 Å². The molecule has 2 N–H and O–H groups in total. The van der Waals surface area contributed by atoms with E-state index in [1.807, 2.05) is 30.3 Å². The van der Waals surface area contributed by atoms with Crippen molar-refractivity contribution in [3.8, 4) is 50.3 Å². The SMILES string of the molecule is C=C(C)C(=O)OCCCCCCOc1ccc(-c2c3nc(c(-c4ccccc4)c4ccc([nH]4)c(-c4ccccc4)c4nc(c(-c5ccccc5)c5ccc2[nH]5)C=C4)C=C3)cc1. The topological polar surface area (TPSA) is 92.9 Å². The zero-order valence-corrected chi connectivity index (χ0v) is 34.2. The Balaban J connectivity index is 1.18. The van der Waals surface area contributed by atoms with E-state index in [-0.39, 0.29) is 5.97 Å². The first-order chi connectivity index (χ1) is 30.0. The highest BCUT2D eigenvalue weighted by molar-refractivity contribution is 5.99. The number of benzene rings is 4. The van der Waals surface area contributed by atoms with Gasteiger partial charge >= 0.3 is 5.97 Å². The number of rotatable bonds is 13. The zero-order valence-electron chi connectivity index (χ0n) is 34.2. The first-order valence-electron chi connectivity index (χ1n) is 20.9. The lowest BCUT2D eigenvalue weighted by molar-refractivity contribution is -0.139. The van der Waals surface area contributed by atoms with Crippen molar-refractivity contribution < 1.29 is 14.3 Å². The molecule has 0 saturated carbocycles. The number of carbonyl (C=O) groups is 1. The van der Waals surface area contributed by atoms with Gasteiger partial charge in [0.05, 0.1) is 36.0 Å². The molecule has 5 heterocycles. The minimum absolute atomic E-state index is 0.329. The van der Waals surface area contributed by atoms with Crippen LogP contribution in [0.3, 0.4) is 0 Å². The number of esters is 1. The Kier molecular flexibility index (Phi) is 11.4. The number of hydrogen-bond acceptors (Lipinski definition) is 5. The van der Waals surface area contributed by atoms with Crippen LogP contribution in [0.2, 0.25) is 0 Å². The summed E-state index contributed by atoms with van der Waals surface area (Å²) >= 11 is 0. The highest BCUT2D eigenvalue weighted by Crippen LogP contribution is 2.38. The van der Waals surface area contributed by atoms with Crippen LogP contribution in [-0.2, 0) is 9.53 Å². The van der Waals surface area contributed by atoms with Crippen LogP contribution in [0.25, 0.3) is 90.9 Å². The van der Waals surface area contributed by atoms with Crippen LogP contribution in [0.15, 0.2) is 152 Å². The van der Waals surface area contributed by atoms with Crippen LogP contribution in [0, 0.1) is 0 Å². The van der Waals surface area contributed by atoms with Crippen molar-refractivity contribution in [1.29, 1.82) is 0 Å². The molecule has 3 aromatic heterocycles. The summed E-state index contributed by atoms with van der Waals surface area (Å²) in [4.78, 5) is 30.1. The third-order valence-electron chi connectivity index (χ3n) is 11.0. The fourth-order valence-electron chi connectivity index (χ4n) is 7.99. The lowest BCUT2D eigenvalue weighted by Crippen LogP contribution is -2.06. The molecule has 0 fully saturated rings. The largest absolute Gasteiger partial charge is 0.494 e. The van der Waals surface area contributed by atoms with E-state index in [9.17, 15) is 4.79 Å². The summed E-state index contributed by atoms with van der Waals surface area (Å²) in [5.41, 5.74) is 16.0.